The molecule has 14 heavy (non-hydrogen) atoms. The molecule has 0 aliphatic carbocycles. The Balaban J connectivity index is -0.000000605. The summed E-state index contributed by atoms with van der Waals surface area (Å²) >= 11 is 0. The molecule has 0 atom stereocenters. The first-order valence-electron chi connectivity index (χ1n) is 2.14. The van der Waals surface area contributed by atoms with Gasteiger partial charge in [-0.05, 0) is 15.1 Å². The van der Waals surface area contributed by atoms with Crippen molar-refractivity contribution in [3.05, 3.63) is 6.42 Å². The van der Waals surface area contributed by atoms with E-state index in [2.05, 4.69) is 35.1 Å². The van der Waals surface area contributed by atoms with Gasteiger partial charge in [0.2, 0.25) is 0 Å². The molecule has 0 aromatic rings. The number of hydrogen-bond acceptors (Lipinski definition) is 9. The van der Waals surface area contributed by atoms with Crippen molar-refractivity contribution in [2.45, 2.75) is 0 Å². The van der Waals surface area contributed by atoms with Gasteiger partial charge in [0.25, 0.3) is 0 Å². The maximum absolute atomic E-state index is 7.43. The fourth-order valence-corrected chi connectivity index (χ4v) is 0.124. The van der Waals surface area contributed by atoms with Gasteiger partial charge < -0.3 is 11.9 Å². The first-order valence-corrected chi connectivity index (χ1v) is 2.14. The zero-order valence-corrected chi connectivity index (χ0v) is 8.67. The van der Waals surface area contributed by atoms with E-state index in [4.69, 9.17) is 11.7 Å². The maximum atomic E-state index is 7.43. The summed E-state index contributed by atoms with van der Waals surface area (Å²) < 4.78 is 0. The van der Waals surface area contributed by atoms with Gasteiger partial charge in [0, 0.05) is 15.1 Å². The minimum atomic E-state index is 0. The third-order valence-electron chi connectivity index (χ3n) is 0.331. The molecule has 0 spiro atoms. The number of hydrogen-bond donors (Lipinski definition) is 1. The fourth-order valence-electron chi connectivity index (χ4n) is 0.124. The Morgan fingerprint density at radius 1 is 1.00 bits per heavy atom. The largest absolute Gasteiger partial charge is 2.00 e. The molecule has 0 aliphatic rings. The zero-order valence-electron chi connectivity index (χ0n) is 6.46. The number of rotatable bonds is 6. The molecule has 2 N–H and O–H groups in total. The van der Waals surface area contributed by atoms with Gasteiger partial charge in [0.15, 0.2) is 0 Å². The van der Waals surface area contributed by atoms with Crippen LogP contribution in [0.15, 0.2) is 0 Å². The molecule has 0 unspecified atom stereocenters. The molecule has 0 saturated carbocycles. The van der Waals surface area contributed by atoms with Crippen molar-refractivity contribution < 1.29 is 45.9 Å². The Labute approximate surface area is 108 Å². The van der Waals surface area contributed by atoms with Crippen molar-refractivity contribution in [3.8, 4) is 17.9 Å². The molecule has 10 heteroatoms. The second kappa shape index (κ2) is 18.6. The van der Waals surface area contributed by atoms with Crippen molar-refractivity contribution in [3.63, 3.8) is 0 Å². The van der Waals surface area contributed by atoms with Crippen LogP contribution < -0.4 is 0 Å². The molecule has 0 amide bonds. The van der Waals surface area contributed by atoms with E-state index in [0.29, 0.717) is 0 Å². The SMILES string of the molecule is [C-]#CC#COOOOOOOO.[Ca+2].[OH-]. The smallest absolute Gasteiger partial charge is 0.870 e. The van der Waals surface area contributed by atoms with Crippen LogP contribution in [0.5, 0.6) is 0 Å². The molecule has 0 saturated heterocycles. The summed E-state index contributed by atoms with van der Waals surface area (Å²) in [5.74, 6) is 3.55. The third-order valence-corrected chi connectivity index (χ3v) is 0.331. The van der Waals surface area contributed by atoms with E-state index < -0.39 is 0 Å². The van der Waals surface area contributed by atoms with E-state index in [1.165, 1.54) is 0 Å². The Hall–Kier alpha value is -0.140. The van der Waals surface area contributed by atoms with Gasteiger partial charge in [0.1, 0.15) is 0 Å². The molecule has 0 aromatic carbocycles. The second-order valence-corrected chi connectivity index (χ2v) is 0.850. The summed E-state index contributed by atoms with van der Waals surface area (Å²) in [4.78, 5) is 3.82. The van der Waals surface area contributed by atoms with Gasteiger partial charge >= 0.3 is 37.7 Å². The minimum absolute atomic E-state index is 0. The molecule has 0 aliphatic heterocycles. The molecule has 0 radical (unpaired) electrons. The Kier molecular flexibility index (Phi) is 25.8. The maximum Gasteiger partial charge on any atom is 2.00 e. The predicted octanol–water partition coefficient (Wildman–Crippen LogP) is -0.941. The van der Waals surface area contributed by atoms with Crippen LogP contribution in [0.2, 0.25) is 0 Å². The normalized spacial score (nSPS) is 6.86. The van der Waals surface area contributed by atoms with Crippen molar-refractivity contribution in [2.75, 3.05) is 0 Å². The fraction of sp³-hybridized carbons (Fsp3) is 0. The zero-order chi connectivity index (χ0) is 9.07. The van der Waals surface area contributed by atoms with E-state index in [1.807, 2.05) is 5.92 Å². The van der Waals surface area contributed by atoms with E-state index >= 15 is 0 Å². The monoisotopic (exact) mass is 234 g/mol. The summed E-state index contributed by atoms with van der Waals surface area (Å²) in [6.45, 7) is 0. The predicted molar refractivity (Wildman–Crippen MR) is 32.8 cm³/mol. The second-order valence-electron chi connectivity index (χ2n) is 0.850. The molecule has 0 fully saturated rings. The van der Waals surface area contributed by atoms with Gasteiger partial charge in [-0.25, -0.2) is 11.2 Å². The average molecular weight is 234 g/mol. The van der Waals surface area contributed by atoms with Gasteiger partial charge in [-0.3, -0.25) is 10.8 Å². The molecule has 0 aromatic heterocycles. The summed E-state index contributed by atoms with van der Waals surface area (Å²) in [6, 6.07) is 0. The topological polar surface area (TPSA) is 115 Å². The molecular weight excluding hydrogens is 232 g/mol. The van der Waals surface area contributed by atoms with Crippen LogP contribution in [0.4, 0.5) is 0 Å². The Morgan fingerprint density at radius 3 is 2.14 bits per heavy atom. The van der Waals surface area contributed by atoms with Crippen LogP contribution in [0.25, 0.3) is 0 Å². The van der Waals surface area contributed by atoms with Crippen molar-refractivity contribution in [1.29, 1.82) is 0 Å². The van der Waals surface area contributed by atoms with E-state index in [1.54, 1.807) is 12.0 Å². The van der Waals surface area contributed by atoms with Crippen LogP contribution in [0.1, 0.15) is 0 Å². The standard InChI is InChI=1S/C4HO8.Ca.H2O/c1-2-3-4-6-8-10-12-11-9-7-5;;/h5H;;1H2/q-1;+2;/p-1. The Morgan fingerprint density at radius 2 is 1.57 bits per heavy atom. The van der Waals surface area contributed by atoms with Crippen LogP contribution in [-0.4, -0.2) is 48.5 Å². The van der Waals surface area contributed by atoms with E-state index in [9.17, 15) is 0 Å². The third kappa shape index (κ3) is 17.8. The van der Waals surface area contributed by atoms with Crippen LogP contribution in [0, 0.1) is 24.4 Å². The molecule has 0 rings (SSSR count). The minimum Gasteiger partial charge on any atom is -0.870 e. The first-order chi connectivity index (χ1) is 5.91. The summed E-state index contributed by atoms with van der Waals surface area (Å²) in [6.07, 6.45) is 8.03. The van der Waals surface area contributed by atoms with E-state index in [-0.39, 0.29) is 43.2 Å². The molecular formula is C4H2CaO9. The molecule has 74 valence electrons. The van der Waals surface area contributed by atoms with Gasteiger partial charge in [-0.2, -0.15) is 0 Å². The quantitative estimate of drug-likeness (QED) is 0.155. The first kappa shape index (κ1) is 19.4. The van der Waals surface area contributed by atoms with Crippen LogP contribution >= 0.6 is 0 Å². The molecule has 0 bridgehead atoms. The van der Waals surface area contributed by atoms with Crippen molar-refractivity contribution >= 4 is 37.7 Å². The van der Waals surface area contributed by atoms with Crippen LogP contribution in [-0.2, 0) is 35.1 Å². The van der Waals surface area contributed by atoms with Gasteiger partial charge in [-0.1, -0.05) is 0 Å². The average Bonchev–Trinajstić information content (AvgIpc) is 2.10. The summed E-state index contributed by atoms with van der Waals surface area (Å²) in [5, 5.41) is 27.6. The van der Waals surface area contributed by atoms with Crippen LogP contribution in [0.3, 0.4) is 0 Å². The van der Waals surface area contributed by atoms with Gasteiger partial charge in [0.05, 0.1) is 6.11 Å². The van der Waals surface area contributed by atoms with E-state index in [0.717, 1.165) is 0 Å². The Bertz CT molecular complexity index is 189. The van der Waals surface area contributed by atoms with Gasteiger partial charge in [-0.15, -0.1) is 0 Å². The van der Waals surface area contributed by atoms with Crippen molar-refractivity contribution in [1.82, 2.24) is 0 Å². The molecule has 0 heterocycles. The molecule has 9 nitrogen and oxygen atoms in total. The summed E-state index contributed by atoms with van der Waals surface area (Å²) in [7, 11) is 0. The van der Waals surface area contributed by atoms with Crippen molar-refractivity contribution in [2.24, 2.45) is 0 Å². The summed E-state index contributed by atoms with van der Waals surface area (Å²) in [5.41, 5.74) is 0.